The van der Waals surface area contributed by atoms with Crippen molar-refractivity contribution in [1.29, 1.82) is 0 Å². The first-order chi connectivity index (χ1) is 18.1. The van der Waals surface area contributed by atoms with E-state index in [0.29, 0.717) is 30.9 Å². The van der Waals surface area contributed by atoms with Gasteiger partial charge in [-0.25, -0.2) is 0 Å². The Balaban J connectivity index is 1.92. The number of hydrogen-bond donors (Lipinski definition) is 1. The van der Waals surface area contributed by atoms with Crippen LogP contribution in [-0.4, -0.2) is 42.5 Å². The number of nitrogens with one attached hydrogen (secondary N) is 1. The number of amides is 2. The minimum atomic E-state index is -0.657. The molecule has 0 spiro atoms. The number of benzene rings is 3. The van der Waals surface area contributed by atoms with E-state index in [2.05, 4.69) is 5.32 Å². The first kappa shape index (κ1) is 28.8. The van der Waals surface area contributed by atoms with Gasteiger partial charge in [-0.05, 0) is 62.9 Å². The zero-order chi connectivity index (χ0) is 27.7. The van der Waals surface area contributed by atoms with Crippen LogP contribution in [0.25, 0.3) is 0 Å². The zero-order valence-corrected chi connectivity index (χ0v) is 23.4. The molecule has 202 valence electrons. The molecule has 0 heterocycles. The minimum absolute atomic E-state index is 0.0784. The van der Waals surface area contributed by atoms with Crippen LogP contribution in [0, 0.1) is 6.92 Å². The molecule has 2 amide bonds. The van der Waals surface area contributed by atoms with Crippen molar-refractivity contribution < 1.29 is 19.1 Å². The fraction of sp³-hybridized carbons (Fsp3) is 0.375. The molecule has 0 saturated carbocycles. The highest BCUT2D eigenvalue weighted by atomic mass is 16.5. The van der Waals surface area contributed by atoms with Crippen LogP contribution in [0.15, 0.2) is 72.8 Å². The molecular formula is C32H40N2O4. The zero-order valence-electron chi connectivity index (χ0n) is 23.4. The Kier molecular flexibility index (Phi) is 9.94. The second-order valence-corrected chi connectivity index (χ2v) is 10.6. The Morgan fingerprint density at radius 1 is 0.842 bits per heavy atom. The Morgan fingerprint density at radius 2 is 1.47 bits per heavy atom. The van der Waals surface area contributed by atoms with E-state index in [1.807, 2.05) is 100 Å². The van der Waals surface area contributed by atoms with E-state index < -0.39 is 11.6 Å². The monoisotopic (exact) mass is 516 g/mol. The summed E-state index contributed by atoms with van der Waals surface area (Å²) in [5.74, 6) is 1.03. The number of carbonyl (C=O) groups is 2. The van der Waals surface area contributed by atoms with Gasteiger partial charge < -0.3 is 19.7 Å². The standard InChI is InChI=1S/C32H40N2O4/c1-23-12-14-26(15-13-23)22-34(30(35)19-17-25-16-18-28(37-5)29(21-25)38-6)27(31(36)33-32(2,3)4)20-24-10-8-7-9-11-24/h7-16,18,21,27H,17,19-20,22H2,1-6H3,(H,33,36)/t27-/m0/s1. The number of methoxy groups -OCH3 is 2. The van der Waals surface area contributed by atoms with Gasteiger partial charge >= 0.3 is 0 Å². The summed E-state index contributed by atoms with van der Waals surface area (Å²) in [5, 5.41) is 3.11. The third-order valence-corrected chi connectivity index (χ3v) is 6.32. The molecule has 0 bridgehead atoms. The predicted molar refractivity (Wildman–Crippen MR) is 151 cm³/mol. The van der Waals surface area contributed by atoms with Gasteiger partial charge in [-0.3, -0.25) is 9.59 Å². The second kappa shape index (κ2) is 13.1. The van der Waals surface area contributed by atoms with E-state index in [0.717, 1.165) is 22.3 Å². The van der Waals surface area contributed by atoms with Crippen molar-refractivity contribution in [1.82, 2.24) is 10.2 Å². The summed E-state index contributed by atoms with van der Waals surface area (Å²) in [6, 6.07) is 23.0. The van der Waals surface area contributed by atoms with Crippen LogP contribution in [0.2, 0.25) is 0 Å². The number of carbonyl (C=O) groups excluding carboxylic acids is 2. The topological polar surface area (TPSA) is 67.9 Å². The van der Waals surface area contributed by atoms with E-state index in [1.54, 1.807) is 19.1 Å². The first-order valence-electron chi connectivity index (χ1n) is 13.0. The average Bonchev–Trinajstić information content (AvgIpc) is 2.89. The number of nitrogens with zero attached hydrogens (tertiary/aromatic N) is 1. The van der Waals surface area contributed by atoms with Crippen LogP contribution >= 0.6 is 0 Å². The SMILES string of the molecule is COc1ccc(CCC(=O)N(Cc2ccc(C)cc2)[C@@H](Cc2ccccc2)C(=O)NC(C)(C)C)cc1OC. The van der Waals surface area contributed by atoms with Crippen molar-refractivity contribution in [2.75, 3.05) is 14.2 Å². The Labute approximate surface area is 227 Å². The molecule has 0 unspecified atom stereocenters. The molecule has 3 rings (SSSR count). The van der Waals surface area contributed by atoms with Crippen LogP contribution in [-0.2, 0) is 29.0 Å². The van der Waals surface area contributed by atoms with Crippen molar-refractivity contribution in [3.8, 4) is 11.5 Å². The molecule has 0 fully saturated rings. The highest BCUT2D eigenvalue weighted by Crippen LogP contribution is 2.28. The molecule has 38 heavy (non-hydrogen) atoms. The minimum Gasteiger partial charge on any atom is -0.493 e. The summed E-state index contributed by atoms with van der Waals surface area (Å²) in [4.78, 5) is 29.2. The molecule has 0 aliphatic rings. The van der Waals surface area contributed by atoms with Crippen molar-refractivity contribution in [2.24, 2.45) is 0 Å². The lowest BCUT2D eigenvalue weighted by molar-refractivity contribution is -0.141. The van der Waals surface area contributed by atoms with Gasteiger partial charge in [0, 0.05) is 24.9 Å². The normalized spacial score (nSPS) is 11.9. The van der Waals surface area contributed by atoms with Crippen molar-refractivity contribution >= 4 is 11.8 Å². The molecular weight excluding hydrogens is 476 g/mol. The van der Waals surface area contributed by atoms with Crippen molar-refractivity contribution in [3.05, 3.63) is 95.1 Å². The molecule has 6 heteroatoms. The van der Waals surface area contributed by atoms with E-state index in [9.17, 15) is 9.59 Å². The van der Waals surface area contributed by atoms with Crippen molar-refractivity contribution in [3.63, 3.8) is 0 Å². The lowest BCUT2D eigenvalue weighted by atomic mass is 9.99. The average molecular weight is 517 g/mol. The molecule has 1 N–H and O–H groups in total. The van der Waals surface area contributed by atoms with Crippen LogP contribution in [0.1, 0.15) is 49.4 Å². The molecule has 0 aliphatic heterocycles. The Hall–Kier alpha value is -3.80. The molecule has 0 radical (unpaired) electrons. The van der Waals surface area contributed by atoms with E-state index in [1.165, 1.54) is 0 Å². The summed E-state index contributed by atoms with van der Waals surface area (Å²) in [6.07, 6.45) is 1.20. The Bertz CT molecular complexity index is 1200. The fourth-order valence-corrected chi connectivity index (χ4v) is 4.33. The summed E-state index contributed by atoms with van der Waals surface area (Å²) >= 11 is 0. The number of aryl methyl sites for hydroxylation is 2. The van der Waals surface area contributed by atoms with E-state index in [-0.39, 0.29) is 18.2 Å². The summed E-state index contributed by atoms with van der Waals surface area (Å²) < 4.78 is 10.8. The molecule has 6 nitrogen and oxygen atoms in total. The van der Waals surface area contributed by atoms with Crippen molar-refractivity contribution in [2.45, 2.75) is 65.1 Å². The van der Waals surface area contributed by atoms with Gasteiger partial charge in [0.25, 0.3) is 0 Å². The summed E-state index contributed by atoms with van der Waals surface area (Å²) in [7, 11) is 3.19. The smallest absolute Gasteiger partial charge is 0.243 e. The fourth-order valence-electron chi connectivity index (χ4n) is 4.33. The third-order valence-electron chi connectivity index (χ3n) is 6.32. The largest absolute Gasteiger partial charge is 0.493 e. The number of ether oxygens (including phenoxy) is 2. The Morgan fingerprint density at radius 3 is 2.08 bits per heavy atom. The van der Waals surface area contributed by atoms with E-state index >= 15 is 0 Å². The first-order valence-corrected chi connectivity index (χ1v) is 13.0. The van der Waals surface area contributed by atoms with Gasteiger partial charge in [0.15, 0.2) is 11.5 Å². The van der Waals surface area contributed by atoms with Gasteiger partial charge in [0.05, 0.1) is 14.2 Å². The molecule has 0 aliphatic carbocycles. The maximum Gasteiger partial charge on any atom is 0.243 e. The van der Waals surface area contributed by atoms with Gasteiger partial charge in [-0.1, -0.05) is 66.2 Å². The van der Waals surface area contributed by atoms with Crippen LogP contribution in [0.4, 0.5) is 0 Å². The highest BCUT2D eigenvalue weighted by molar-refractivity contribution is 5.88. The summed E-state index contributed by atoms with van der Waals surface area (Å²) in [5.41, 5.74) is 3.67. The van der Waals surface area contributed by atoms with E-state index in [4.69, 9.17) is 9.47 Å². The van der Waals surface area contributed by atoms with Gasteiger partial charge in [-0.2, -0.15) is 0 Å². The maximum atomic E-state index is 13.9. The number of rotatable bonds is 11. The quantitative estimate of drug-likeness (QED) is 0.365. The lowest BCUT2D eigenvalue weighted by Crippen LogP contribution is -2.54. The molecule has 0 saturated heterocycles. The molecule has 3 aromatic carbocycles. The third kappa shape index (κ3) is 8.37. The van der Waals surface area contributed by atoms with Crippen LogP contribution < -0.4 is 14.8 Å². The predicted octanol–water partition coefficient (Wildman–Crippen LogP) is 5.50. The van der Waals surface area contributed by atoms with Crippen LogP contribution in [0.3, 0.4) is 0 Å². The molecule has 1 atom stereocenters. The van der Waals surface area contributed by atoms with Crippen LogP contribution in [0.5, 0.6) is 11.5 Å². The van der Waals surface area contributed by atoms with Gasteiger partial charge in [0.1, 0.15) is 6.04 Å². The summed E-state index contributed by atoms with van der Waals surface area (Å²) in [6.45, 7) is 8.24. The molecule has 3 aromatic rings. The van der Waals surface area contributed by atoms with Gasteiger partial charge in [-0.15, -0.1) is 0 Å². The van der Waals surface area contributed by atoms with Gasteiger partial charge in [0.2, 0.25) is 11.8 Å². The molecule has 0 aromatic heterocycles. The highest BCUT2D eigenvalue weighted by Gasteiger charge is 2.32. The lowest BCUT2D eigenvalue weighted by Gasteiger charge is -2.34. The second-order valence-electron chi connectivity index (χ2n) is 10.6. The maximum absolute atomic E-state index is 13.9. The number of hydrogen-bond acceptors (Lipinski definition) is 4.